The normalized spacial score (nSPS) is 17.4. The molecule has 0 radical (unpaired) electrons. The van der Waals surface area contributed by atoms with Crippen molar-refractivity contribution in [2.75, 3.05) is 33.2 Å². The van der Waals surface area contributed by atoms with Crippen LogP contribution in [0.4, 0.5) is 10.5 Å². The fourth-order valence-electron chi connectivity index (χ4n) is 4.13. The molecule has 2 fully saturated rings. The lowest BCUT2D eigenvalue weighted by Crippen LogP contribution is -2.32. The lowest BCUT2D eigenvalue weighted by Gasteiger charge is -2.17. The van der Waals surface area contributed by atoms with Crippen molar-refractivity contribution in [3.63, 3.8) is 0 Å². The van der Waals surface area contributed by atoms with E-state index in [1.807, 2.05) is 0 Å². The number of anilines is 1. The van der Waals surface area contributed by atoms with Gasteiger partial charge in [-0.2, -0.15) is 0 Å². The van der Waals surface area contributed by atoms with E-state index in [1.165, 1.54) is 26.2 Å². The van der Waals surface area contributed by atoms with Gasteiger partial charge in [-0.3, -0.25) is 14.5 Å². The molecule has 4 amide bonds. The van der Waals surface area contributed by atoms with Crippen molar-refractivity contribution in [3.05, 3.63) is 47.5 Å². The van der Waals surface area contributed by atoms with E-state index in [4.69, 9.17) is 14.2 Å². The molecule has 2 aromatic rings. The first kappa shape index (κ1) is 21.5. The third-order valence-electron chi connectivity index (χ3n) is 5.78. The van der Waals surface area contributed by atoms with Gasteiger partial charge in [-0.05, 0) is 48.7 Å². The first-order valence-electron chi connectivity index (χ1n) is 10.3. The Morgan fingerprint density at radius 1 is 1.00 bits per heavy atom. The van der Waals surface area contributed by atoms with Crippen LogP contribution in [0.1, 0.15) is 28.8 Å². The summed E-state index contributed by atoms with van der Waals surface area (Å²) in [6, 6.07) is 9.44. The molecule has 2 aliphatic rings. The lowest BCUT2D eigenvalue weighted by molar-refractivity contribution is -0.128. The van der Waals surface area contributed by atoms with E-state index in [0.717, 1.165) is 6.42 Å². The minimum Gasteiger partial charge on any atom is -0.495 e. The van der Waals surface area contributed by atoms with Crippen molar-refractivity contribution in [2.24, 2.45) is 0 Å². The van der Waals surface area contributed by atoms with Crippen molar-refractivity contribution >= 4 is 23.5 Å². The molecule has 1 N–H and O–H groups in total. The van der Waals surface area contributed by atoms with Gasteiger partial charge >= 0.3 is 6.03 Å². The van der Waals surface area contributed by atoms with Crippen molar-refractivity contribution in [1.82, 2.24) is 9.80 Å². The monoisotopic (exact) mass is 439 g/mol. The number of methoxy groups -OCH3 is 3. The molecule has 9 nitrogen and oxygen atoms in total. The number of carbonyl (C=O) groups excluding carboxylic acids is 3. The average Bonchev–Trinajstić information content (AvgIpc) is 3.38. The van der Waals surface area contributed by atoms with Gasteiger partial charge in [-0.15, -0.1) is 0 Å². The molecule has 0 aromatic heterocycles. The van der Waals surface area contributed by atoms with E-state index in [1.54, 1.807) is 41.3 Å². The number of urea groups is 1. The number of nitrogens with zero attached hydrogens (tertiary/aromatic N) is 2. The first-order valence-corrected chi connectivity index (χ1v) is 10.3. The highest BCUT2D eigenvalue weighted by molar-refractivity contribution is 6.06. The number of benzene rings is 2. The third kappa shape index (κ3) is 3.81. The molecule has 168 valence electrons. The standard InChI is InChI=1S/C23H25N3O6/c1-30-18-8-6-14(13-26-22(28)17-5-4-10-25(17)23(26)29)11-16(18)24-21(27)15-7-9-19(31-2)20(12-15)32-3/h6-9,11-12,17H,4-5,10,13H2,1-3H3,(H,24,27). The summed E-state index contributed by atoms with van der Waals surface area (Å²) in [5.41, 5.74) is 1.52. The van der Waals surface area contributed by atoms with Gasteiger partial charge in [0.1, 0.15) is 11.8 Å². The van der Waals surface area contributed by atoms with Gasteiger partial charge in [-0.25, -0.2) is 4.79 Å². The predicted octanol–water partition coefficient (Wildman–Crippen LogP) is 2.89. The molecule has 1 atom stereocenters. The molecule has 2 saturated heterocycles. The summed E-state index contributed by atoms with van der Waals surface area (Å²) in [4.78, 5) is 41.0. The Morgan fingerprint density at radius 3 is 2.41 bits per heavy atom. The lowest BCUT2D eigenvalue weighted by atomic mass is 10.1. The van der Waals surface area contributed by atoms with Gasteiger partial charge in [0.15, 0.2) is 11.5 Å². The second-order valence-electron chi connectivity index (χ2n) is 7.62. The van der Waals surface area contributed by atoms with Crippen LogP contribution in [0.2, 0.25) is 0 Å². The van der Waals surface area contributed by atoms with Crippen LogP contribution >= 0.6 is 0 Å². The van der Waals surface area contributed by atoms with E-state index in [9.17, 15) is 14.4 Å². The van der Waals surface area contributed by atoms with Gasteiger partial charge in [0.25, 0.3) is 11.8 Å². The zero-order chi connectivity index (χ0) is 22.8. The molecule has 0 aliphatic carbocycles. The van der Waals surface area contributed by atoms with Crippen molar-refractivity contribution in [2.45, 2.75) is 25.4 Å². The number of amides is 4. The molecule has 32 heavy (non-hydrogen) atoms. The summed E-state index contributed by atoms with van der Waals surface area (Å²) in [5.74, 6) is 0.883. The minimum absolute atomic E-state index is 0.133. The van der Waals surface area contributed by atoms with Crippen LogP contribution in [0.25, 0.3) is 0 Å². The number of fused-ring (bicyclic) bond motifs is 1. The molecule has 0 bridgehead atoms. The molecule has 0 saturated carbocycles. The maximum Gasteiger partial charge on any atom is 0.327 e. The van der Waals surface area contributed by atoms with E-state index in [0.29, 0.717) is 47.0 Å². The predicted molar refractivity (Wildman–Crippen MR) is 116 cm³/mol. The number of nitrogens with one attached hydrogen (secondary N) is 1. The van der Waals surface area contributed by atoms with E-state index < -0.39 is 0 Å². The fraction of sp³-hybridized carbons (Fsp3) is 0.348. The number of imide groups is 1. The Balaban J connectivity index is 1.54. The molecule has 9 heteroatoms. The molecule has 1 unspecified atom stereocenters. The molecule has 2 aliphatic heterocycles. The summed E-state index contributed by atoms with van der Waals surface area (Å²) in [6.45, 7) is 0.745. The van der Waals surface area contributed by atoms with Crippen LogP contribution in [-0.2, 0) is 11.3 Å². The zero-order valence-corrected chi connectivity index (χ0v) is 18.2. The highest BCUT2D eigenvalue weighted by atomic mass is 16.5. The second kappa shape index (κ2) is 8.78. The smallest absolute Gasteiger partial charge is 0.327 e. The summed E-state index contributed by atoms with van der Waals surface area (Å²) in [5, 5.41) is 2.84. The van der Waals surface area contributed by atoms with Crippen LogP contribution in [0.15, 0.2) is 36.4 Å². The second-order valence-corrected chi connectivity index (χ2v) is 7.62. The maximum absolute atomic E-state index is 12.9. The maximum atomic E-state index is 12.9. The van der Waals surface area contributed by atoms with Gasteiger partial charge in [0.05, 0.1) is 33.6 Å². The number of hydrogen-bond donors (Lipinski definition) is 1. The third-order valence-corrected chi connectivity index (χ3v) is 5.78. The molecule has 2 aromatic carbocycles. The summed E-state index contributed by atoms with van der Waals surface area (Å²) in [7, 11) is 4.52. The number of rotatable bonds is 7. The van der Waals surface area contributed by atoms with Crippen LogP contribution in [-0.4, -0.2) is 61.6 Å². The number of hydrogen-bond acceptors (Lipinski definition) is 6. The molecular formula is C23H25N3O6. The Bertz CT molecular complexity index is 1050. The molecule has 0 spiro atoms. The van der Waals surface area contributed by atoms with Crippen molar-refractivity contribution in [3.8, 4) is 17.2 Å². The van der Waals surface area contributed by atoms with Crippen LogP contribution in [0.3, 0.4) is 0 Å². The molecular weight excluding hydrogens is 414 g/mol. The SMILES string of the molecule is COc1ccc(CN2C(=O)C3CCCN3C2=O)cc1NC(=O)c1ccc(OC)c(OC)c1. The summed E-state index contributed by atoms with van der Waals surface area (Å²) >= 11 is 0. The highest BCUT2D eigenvalue weighted by Gasteiger charge is 2.47. The van der Waals surface area contributed by atoms with Crippen LogP contribution in [0.5, 0.6) is 17.2 Å². The van der Waals surface area contributed by atoms with Crippen LogP contribution in [0, 0.1) is 0 Å². The number of carbonyl (C=O) groups is 3. The Labute approximate surface area is 185 Å². The van der Waals surface area contributed by atoms with Gasteiger partial charge in [0, 0.05) is 12.1 Å². The quantitative estimate of drug-likeness (QED) is 0.667. The van der Waals surface area contributed by atoms with Crippen molar-refractivity contribution < 1.29 is 28.6 Å². The van der Waals surface area contributed by atoms with E-state index in [2.05, 4.69) is 5.32 Å². The largest absolute Gasteiger partial charge is 0.495 e. The Morgan fingerprint density at radius 2 is 1.72 bits per heavy atom. The van der Waals surface area contributed by atoms with Gasteiger partial charge < -0.3 is 24.4 Å². The van der Waals surface area contributed by atoms with Gasteiger partial charge in [-0.1, -0.05) is 6.07 Å². The van der Waals surface area contributed by atoms with E-state index in [-0.39, 0.29) is 30.4 Å². The highest BCUT2D eigenvalue weighted by Crippen LogP contribution is 2.32. The fourth-order valence-corrected chi connectivity index (χ4v) is 4.13. The van der Waals surface area contributed by atoms with Gasteiger partial charge in [0.2, 0.25) is 0 Å². The molecule has 4 rings (SSSR count). The number of ether oxygens (including phenoxy) is 3. The minimum atomic E-state index is -0.365. The Kier molecular flexibility index (Phi) is 5.89. The Hall–Kier alpha value is -3.75. The first-order chi connectivity index (χ1) is 15.5. The van der Waals surface area contributed by atoms with E-state index >= 15 is 0 Å². The summed E-state index contributed by atoms with van der Waals surface area (Å²) in [6.07, 6.45) is 1.56. The van der Waals surface area contributed by atoms with Crippen molar-refractivity contribution in [1.29, 1.82) is 0 Å². The molecule has 2 heterocycles. The zero-order valence-electron chi connectivity index (χ0n) is 18.2. The summed E-state index contributed by atoms with van der Waals surface area (Å²) < 4.78 is 15.8. The topological polar surface area (TPSA) is 97.4 Å². The van der Waals surface area contributed by atoms with Crippen LogP contribution < -0.4 is 19.5 Å². The average molecular weight is 439 g/mol.